The first kappa shape index (κ1) is 25.2. The van der Waals surface area contributed by atoms with Crippen LogP contribution in [0.4, 0.5) is 0 Å². The zero-order valence-corrected chi connectivity index (χ0v) is 20.7. The molecule has 0 saturated carbocycles. The quantitative estimate of drug-likeness (QED) is 0.437. The van der Waals surface area contributed by atoms with Crippen LogP contribution in [-0.2, 0) is 13.1 Å². The summed E-state index contributed by atoms with van der Waals surface area (Å²) in [4.78, 5) is 0. The lowest BCUT2D eigenvalue weighted by atomic mass is 9.97. The van der Waals surface area contributed by atoms with Crippen molar-refractivity contribution in [1.29, 1.82) is 0 Å². The molecule has 2 aromatic rings. The van der Waals surface area contributed by atoms with Crippen molar-refractivity contribution in [2.24, 2.45) is 0 Å². The third-order valence-electron chi connectivity index (χ3n) is 5.26. The zero-order chi connectivity index (χ0) is 23.0. The molecule has 4 nitrogen and oxygen atoms in total. The second-order valence-corrected chi connectivity index (χ2v) is 9.28. The van der Waals surface area contributed by atoms with Crippen molar-refractivity contribution in [2.45, 2.75) is 85.6 Å². The summed E-state index contributed by atoms with van der Waals surface area (Å²) in [7, 11) is 1.97. The van der Waals surface area contributed by atoms with Gasteiger partial charge in [0.2, 0.25) is 0 Å². The average Bonchev–Trinajstić information content (AvgIpc) is 2.69. The summed E-state index contributed by atoms with van der Waals surface area (Å²) in [5, 5.41) is 6.91. The fourth-order valence-corrected chi connectivity index (χ4v) is 3.61. The fourth-order valence-electron chi connectivity index (χ4n) is 3.61. The first-order chi connectivity index (χ1) is 14.7. The highest BCUT2D eigenvalue weighted by Gasteiger charge is 2.13. The van der Waals surface area contributed by atoms with Crippen LogP contribution in [-0.4, -0.2) is 25.8 Å². The van der Waals surface area contributed by atoms with E-state index in [2.05, 4.69) is 95.5 Å². The summed E-state index contributed by atoms with van der Waals surface area (Å²) in [6.45, 7) is 17.5. The van der Waals surface area contributed by atoms with Crippen LogP contribution in [0.5, 0.6) is 11.5 Å². The summed E-state index contributed by atoms with van der Waals surface area (Å²) in [5.41, 5.74) is 5.10. The van der Waals surface area contributed by atoms with Crippen LogP contribution in [0, 0.1) is 0 Å². The van der Waals surface area contributed by atoms with Crippen molar-refractivity contribution in [2.75, 3.05) is 13.6 Å². The van der Waals surface area contributed by atoms with Crippen LogP contribution in [0.25, 0.3) is 0 Å². The van der Waals surface area contributed by atoms with Gasteiger partial charge in [-0.1, -0.05) is 45.0 Å². The molecule has 0 bridgehead atoms. The molecule has 1 unspecified atom stereocenters. The van der Waals surface area contributed by atoms with Crippen molar-refractivity contribution < 1.29 is 9.47 Å². The largest absolute Gasteiger partial charge is 0.491 e. The number of hydrogen-bond donors (Lipinski definition) is 2. The molecule has 172 valence electrons. The van der Waals surface area contributed by atoms with E-state index in [0.29, 0.717) is 11.8 Å². The Labute approximate surface area is 189 Å². The first-order valence-electron chi connectivity index (χ1n) is 11.7. The average molecular weight is 427 g/mol. The molecule has 31 heavy (non-hydrogen) atoms. The second kappa shape index (κ2) is 12.1. The van der Waals surface area contributed by atoms with Crippen LogP contribution in [0.2, 0.25) is 0 Å². The molecule has 0 spiro atoms. The molecular formula is C27H42N2O2. The van der Waals surface area contributed by atoms with Crippen LogP contribution < -0.4 is 20.1 Å². The smallest absolute Gasteiger partial charge is 0.124 e. The molecule has 0 aliphatic heterocycles. The van der Waals surface area contributed by atoms with Gasteiger partial charge in [0.05, 0.1) is 12.2 Å². The lowest BCUT2D eigenvalue weighted by Crippen LogP contribution is -2.21. The zero-order valence-electron chi connectivity index (χ0n) is 20.7. The van der Waals surface area contributed by atoms with Crippen molar-refractivity contribution in [3.8, 4) is 11.5 Å². The minimum absolute atomic E-state index is 0.166. The van der Waals surface area contributed by atoms with E-state index in [1.165, 1.54) is 22.3 Å². The molecule has 2 rings (SSSR count). The molecule has 0 heterocycles. The van der Waals surface area contributed by atoms with E-state index >= 15 is 0 Å². The number of benzene rings is 2. The number of ether oxygens (including phenoxy) is 2. The highest BCUT2D eigenvalue weighted by Crippen LogP contribution is 2.27. The highest BCUT2D eigenvalue weighted by molar-refractivity contribution is 5.40. The van der Waals surface area contributed by atoms with Gasteiger partial charge >= 0.3 is 0 Å². The monoisotopic (exact) mass is 426 g/mol. The van der Waals surface area contributed by atoms with Crippen LogP contribution in [0.15, 0.2) is 36.4 Å². The van der Waals surface area contributed by atoms with Crippen molar-refractivity contribution in [3.05, 3.63) is 58.7 Å². The Morgan fingerprint density at radius 2 is 1.23 bits per heavy atom. The Morgan fingerprint density at radius 3 is 1.74 bits per heavy atom. The Hall–Kier alpha value is -2.04. The van der Waals surface area contributed by atoms with Gasteiger partial charge in [-0.05, 0) is 69.8 Å². The molecule has 0 radical (unpaired) electrons. The second-order valence-electron chi connectivity index (χ2n) is 9.28. The predicted octanol–water partition coefficient (Wildman–Crippen LogP) is 6.00. The van der Waals surface area contributed by atoms with Gasteiger partial charge in [0.25, 0.3) is 0 Å². The first-order valence-corrected chi connectivity index (χ1v) is 11.7. The Kier molecular flexibility index (Phi) is 9.86. The molecule has 0 fully saturated rings. The van der Waals surface area contributed by atoms with Crippen LogP contribution in [0.1, 0.15) is 82.6 Å². The van der Waals surface area contributed by atoms with Gasteiger partial charge in [-0.25, -0.2) is 0 Å². The number of nitrogens with one attached hydrogen (secondary N) is 2. The van der Waals surface area contributed by atoms with E-state index in [0.717, 1.165) is 31.1 Å². The van der Waals surface area contributed by atoms with E-state index in [1.807, 2.05) is 7.05 Å². The Balaban J connectivity index is 2.08. The van der Waals surface area contributed by atoms with E-state index in [9.17, 15) is 0 Å². The van der Waals surface area contributed by atoms with Gasteiger partial charge in [-0.15, -0.1) is 0 Å². The van der Waals surface area contributed by atoms with Crippen molar-refractivity contribution in [3.63, 3.8) is 0 Å². The van der Waals surface area contributed by atoms with Crippen molar-refractivity contribution >= 4 is 0 Å². The summed E-state index contributed by atoms with van der Waals surface area (Å²) < 4.78 is 12.0. The standard InChI is InChI=1S/C27H42N2O2/c1-18(2)22-9-11-27(31-20(5)6)25(13-22)17-29-15-21(7)23-10-12-26(30-19(3)4)24(14-23)16-28-8/h9-14,18-21,28-29H,15-17H2,1-8H3. The molecule has 0 amide bonds. The number of rotatable bonds is 12. The summed E-state index contributed by atoms with van der Waals surface area (Å²) in [6.07, 6.45) is 0.337. The molecule has 0 aromatic heterocycles. The summed E-state index contributed by atoms with van der Waals surface area (Å²) in [5.74, 6) is 2.84. The number of hydrogen-bond acceptors (Lipinski definition) is 4. The van der Waals surface area contributed by atoms with E-state index in [-0.39, 0.29) is 12.2 Å². The van der Waals surface area contributed by atoms with Gasteiger partial charge < -0.3 is 20.1 Å². The topological polar surface area (TPSA) is 42.5 Å². The lowest BCUT2D eigenvalue weighted by molar-refractivity contribution is 0.239. The third kappa shape index (κ3) is 7.86. The molecule has 1 atom stereocenters. The molecular weight excluding hydrogens is 384 g/mol. The van der Waals surface area contributed by atoms with Gasteiger partial charge in [-0.2, -0.15) is 0 Å². The Bertz CT molecular complexity index is 815. The van der Waals surface area contributed by atoms with E-state index in [1.54, 1.807) is 0 Å². The highest BCUT2D eigenvalue weighted by atomic mass is 16.5. The normalized spacial score (nSPS) is 12.6. The van der Waals surface area contributed by atoms with Crippen molar-refractivity contribution in [1.82, 2.24) is 10.6 Å². The molecule has 0 saturated heterocycles. The van der Waals surface area contributed by atoms with E-state index < -0.39 is 0 Å². The molecule has 4 heteroatoms. The minimum Gasteiger partial charge on any atom is -0.491 e. The predicted molar refractivity (Wildman–Crippen MR) is 131 cm³/mol. The van der Waals surface area contributed by atoms with Crippen LogP contribution >= 0.6 is 0 Å². The van der Waals surface area contributed by atoms with E-state index in [4.69, 9.17) is 9.47 Å². The van der Waals surface area contributed by atoms with Gasteiger partial charge in [0.1, 0.15) is 11.5 Å². The molecule has 0 aliphatic rings. The minimum atomic E-state index is 0.166. The molecule has 2 aromatic carbocycles. The third-order valence-corrected chi connectivity index (χ3v) is 5.26. The fraction of sp³-hybridized carbons (Fsp3) is 0.556. The van der Waals surface area contributed by atoms with Gasteiger partial charge in [0, 0.05) is 30.8 Å². The van der Waals surface area contributed by atoms with Crippen LogP contribution in [0.3, 0.4) is 0 Å². The molecule has 0 aliphatic carbocycles. The summed E-state index contributed by atoms with van der Waals surface area (Å²) >= 11 is 0. The lowest BCUT2D eigenvalue weighted by Gasteiger charge is -2.20. The van der Waals surface area contributed by atoms with Gasteiger partial charge in [-0.3, -0.25) is 0 Å². The van der Waals surface area contributed by atoms with Gasteiger partial charge in [0.15, 0.2) is 0 Å². The maximum Gasteiger partial charge on any atom is 0.124 e. The Morgan fingerprint density at radius 1 is 0.710 bits per heavy atom. The summed E-state index contributed by atoms with van der Waals surface area (Å²) in [6, 6.07) is 13.2. The SMILES string of the molecule is CNCc1cc(C(C)CNCc2cc(C(C)C)ccc2OC(C)C)ccc1OC(C)C. The maximum atomic E-state index is 6.05. The molecule has 2 N–H and O–H groups in total. The maximum absolute atomic E-state index is 6.05.